The van der Waals surface area contributed by atoms with Crippen molar-refractivity contribution in [2.75, 3.05) is 13.1 Å². The van der Waals surface area contributed by atoms with Crippen LogP contribution in [-0.4, -0.2) is 18.7 Å². The molecule has 18 heavy (non-hydrogen) atoms. The minimum absolute atomic E-state index is 0.0214. The largest absolute Gasteiger partial charge is 0.487 e. The highest BCUT2D eigenvalue weighted by molar-refractivity contribution is 5.29. The van der Waals surface area contributed by atoms with E-state index < -0.39 is 0 Å². The molecule has 1 saturated carbocycles. The molecule has 1 fully saturated rings. The van der Waals surface area contributed by atoms with Gasteiger partial charge < -0.3 is 10.1 Å². The van der Waals surface area contributed by atoms with Gasteiger partial charge in [-0.2, -0.15) is 0 Å². The van der Waals surface area contributed by atoms with E-state index in [9.17, 15) is 4.39 Å². The van der Waals surface area contributed by atoms with Gasteiger partial charge in [0, 0.05) is 0 Å². The van der Waals surface area contributed by atoms with Crippen molar-refractivity contribution in [2.45, 2.75) is 45.1 Å². The highest BCUT2D eigenvalue weighted by Crippen LogP contribution is 2.39. The van der Waals surface area contributed by atoms with Crippen LogP contribution in [0, 0.1) is 12.7 Å². The Kier molecular flexibility index (Phi) is 4.23. The molecular formula is C15H22FNO. The van der Waals surface area contributed by atoms with Crippen molar-refractivity contribution >= 4 is 0 Å². The molecule has 0 aromatic heterocycles. The topological polar surface area (TPSA) is 21.3 Å². The first-order valence-electron chi connectivity index (χ1n) is 6.81. The first-order valence-corrected chi connectivity index (χ1v) is 6.81. The molecule has 100 valence electrons. The molecule has 3 heteroatoms. The van der Waals surface area contributed by atoms with Crippen molar-refractivity contribution in [3.05, 3.63) is 29.6 Å². The molecule has 2 nitrogen and oxygen atoms in total. The van der Waals surface area contributed by atoms with Crippen LogP contribution in [0.25, 0.3) is 0 Å². The van der Waals surface area contributed by atoms with Crippen LogP contribution in [0.5, 0.6) is 5.75 Å². The van der Waals surface area contributed by atoms with E-state index in [-0.39, 0.29) is 11.4 Å². The number of aryl methyl sites for hydroxylation is 1. The highest BCUT2D eigenvalue weighted by atomic mass is 19.1. The van der Waals surface area contributed by atoms with Crippen LogP contribution >= 0.6 is 0 Å². The molecule has 1 aromatic carbocycles. The van der Waals surface area contributed by atoms with Crippen LogP contribution in [0.4, 0.5) is 4.39 Å². The van der Waals surface area contributed by atoms with Crippen LogP contribution in [-0.2, 0) is 0 Å². The van der Waals surface area contributed by atoms with Crippen LogP contribution in [0.15, 0.2) is 18.2 Å². The Balaban J connectivity index is 1.98. The second-order valence-corrected chi connectivity index (χ2v) is 5.15. The number of halogens is 1. The molecule has 0 heterocycles. The average molecular weight is 251 g/mol. The fraction of sp³-hybridized carbons (Fsp3) is 0.600. The van der Waals surface area contributed by atoms with E-state index in [0.717, 1.165) is 38.1 Å². The number of nitrogens with one attached hydrogen (secondary N) is 1. The molecule has 0 unspecified atom stereocenters. The van der Waals surface area contributed by atoms with E-state index in [1.807, 2.05) is 0 Å². The predicted molar refractivity (Wildman–Crippen MR) is 71.5 cm³/mol. The summed E-state index contributed by atoms with van der Waals surface area (Å²) in [6.45, 7) is 5.86. The molecule has 0 amide bonds. The molecular weight excluding hydrogens is 229 g/mol. The lowest BCUT2D eigenvalue weighted by atomic mass is 9.77. The van der Waals surface area contributed by atoms with Crippen LogP contribution in [0.3, 0.4) is 0 Å². The third-order valence-corrected chi connectivity index (χ3v) is 3.74. The normalized spacial score (nSPS) is 17.3. The third-order valence-electron chi connectivity index (χ3n) is 3.74. The SMILES string of the molecule is CCNCCC1(Oc2ccc(F)c(C)c2)CCC1. The van der Waals surface area contributed by atoms with Crippen molar-refractivity contribution in [2.24, 2.45) is 0 Å². The lowest BCUT2D eigenvalue weighted by Gasteiger charge is -2.42. The van der Waals surface area contributed by atoms with Gasteiger partial charge in [-0.05, 0) is 69.5 Å². The van der Waals surface area contributed by atoms with Crippen molar-refractivity contribution in [1.82, 2.24) is 5.32 Å². The summed E-state index contributed by atoms with van der Waals surface area (Å²) in [5.41, 5.74) is 0.626. The molecule has 1 aromatic rings. The Hall–Kier alpha value is -1.09. The summed E-state index contributed by atoms with van der Waals surface area (Å²) in [5, 5.41) is 3.34. The van der Waals surface area contributed by atoms with E-state index in [4.69, 9.17) is 4.74 Å². The monoisotopic (exact) mass is 251 g/mol. The van der Waals surface area contributed by atoms with Crippen LogP contribution < -0.4 is 10.1 Å². The Morgan fingerprint density at radius 3 is 2.72 bits per heavy atom. The zero-order chi connectivity index (χ0) is 13.0. The molecule has 0 radical (unpaired) electrons. The van der Waals surface area contributed by atoms with Gasteiger partial charge in [-0.25, -0.2) is 4.39 Å². The summed E-state index contributed by atoms with van der Waals surface area (Å²) in [4.78, 5) is 0. The lowest BCUT2D eigenvalue weighted by Crippen LogP contribution is -2.45. The maximum absolute atomic E-state index is 13.2. The van der Waals surface area contributed by atoms with Crippen molar-refractivity contribution in [3.8, 4) is 5.75 Å². The summed E-state index contributed by atoms with van der Waals surface area (Å²) >= 11 is 0. The van der Waals surface area contributed by atoms with E-state index in [2.05, 4.69) is 12.2 Å². The van der Waals surface area contributed by atoms with Gasteiger partial charge in [0.05, 0.1) is 0 Å². The molecule has 0 atom stereocenters. The first kappa shape index (κ1) is 13.3. The van der Waals surface area contributed by atoms with E-state index in [1.165, 1.54) is 12.5 Å². The lowest BCUT2D eigenvalue weighted by molar-refractivity contribution is -0.0142. The third kappa shape index (κ3) is 3.02. The van der Waals surface area contributed by atoms with Gasteiger partial charge in [-0.1, -0.05) is 6.92 Å². The molecule has 2 rings (SSSR count). The number of ether oxygens (including phenoxy) is 1. The van der Waals surface area contributed by atoms with Gasteiger partial charge in [0.1, 0.15) is 17.2 Å². The Bertz CT molecular complexity index is 401. The zero-order valence-electron chi connectivity index (χ0n) is 11.3. The van der Waals surface area contributed by atoms with Crippen LogP contribution in [0.1, 0.15) is 38.2 Å². The van der Waals surface area contributed by atoms with Gasteiger partial charge in [-0.15, -0.1) is 0 Å². The minimum atomic E-state index is -0.169. The van der Waals surface area contributed by atoms with Gasteiger partial charge >= 0.3 is 0 Å². The molecule has 0 saturated heterocycles. The molecule has 1 aliphatic rings. The second kappa shape index (κ2) is 5.70. The highest BCUT2D eigenvalue weighted by Gasteiger charge is 2.38. The summed E-state index contributed by atoms with van der Waals surface area (Å²) in [7, 11) is 0. The molecule has 1 N–H and O–H groups in total. The summed E-state index contributed by atoms with van der Waals surface area (Å²) in [5.74, 6) is 0.628. The number of hydrogen-bond acceptors (Lipinski definition) is 2. The standard InChI is InChI=1S/C15H22FNO/c1-3-17-10-9-15(7-4-8-15)18-13-5-6-14(16)12(2)11-13/h5-6,11,17H,3-4,7-10H2,1-2H3. The first-order chi connectivity index (χ1) is 8.65. The summed E-state index contributed by atoms with van der Waals surface area (Å²) < 4.78 is 19.3. The van der Waals surface area contributed by atoms with E-state index in [0.29, 0.717) is 5.56 Å². The summed E-state index contributed by atoms with van der Waals surface area (Å²) in [6.07, 6.45) is 4.47. The molecule has 0 aliphatic heterocycles. The Morgan fingerprint density at radius 2 is 2.17 bits per heavy atom. The van der Waals surface area contributed by atoms with E-state index in [1.54, 1.807) is 19.1 Å². The Labute approximate surface area is 109 Å². The number of benzene rings is 1. The van der Waals surface area contributed by atoms with Crippen LogP contribution in [0.2, 0.25) is 0 Å². The van der Waals surface area contributed by atoms with Crippen molar-refractivity contribution in [3.63, 3.8) is 0 Å². The summed E-state index contributed by atoms with van der Waals surface area (Å²) in [6, 6.07) is 5.01. The smallest absolute Gasteiger partial charge is 0.126 e. The maximum Gasteiger partial charge on any atom is 0.126 e. The van der Waals surface area contributed by atoms with Crippen molar-refractivity contribution in [1.29, 1.82) is 0 Å². The number of rotatable bonds is 6. The average Bonchev–Trinajstić information content (AvgIpc) is 2.31. The fourth-order valence-corrected chi connectivity index (χ4v) is 2.40. The second-order valence-electron chi connectivity index (χ2n) is 5.15. The maximum atomic E-state index is 13.2. The number of hydrogen-bond donors (Lipinski definition) is 1. The molecule has 1 aliphatic carbocycles. The minimum Gasteiger partial charge on any atom is -0.487 e. The fourth-order valence-electron chi connectivity index (χ4n) is 2.40. The molecule has 0 bridgehead atoms. The van der Waals surface area contributed by atoms with Gasteiger partial charge in [0.15, 0.2) is 0 Å². The quantitative estimate of drug-likeness (QED) is 0.782. The predicted octanol–water partition coefficient (Wildman–Crippen LogP) is 3.44. The van der Waals surface area contributed by atoms with Gasteiger partial charge in [0.2, 0.25) is 0 Å². The van der Waals surface area contributed by atoms with Crippen molar-refractivity contribution < 1.29 is 9.13 Å². The van der Waals surface area contributed by atoms with Gasteiger partial charge in [-0.3, -0.25) is 0 Å². The Morgan fingerprint density at radius 1 is 1.39 bits per heavy atom. The molecule has 0 spiro atoms. The van der Waals surface area contributed by atoms with E-state index >= 15 is 0 Å². The van der Waals surface area contributed by atoms with Gasteiger partial charge in [0.25, 0.3) is 0 Å². The zero-order valence-corrected chi connectivity index (χ0v) is 11.3.